The normalized spacial score (nSPS) is 14.1. The summed E-state index contributed by atoms with van der Waals surface area (Å²) in [6.45, 7) is 1.63. The standard InChI is InChI=1S/C21H18Cl2N2O2/c22-14-7-8-18-15(12-14)16(11-13-5-1-2-6-17(13)23)19(21(26)27)20(24-18)25-9-3-4-10-25/h1-2,5-8,12H,3-4,9-11H2,(H,26,27). The first-order valence-electron chi connectivity index (χ1n) is 8.88. The zero-order valence-corrected chi connectivity index (χ0v) is 16.1. The number of hydrogen-bond acceptors (Lipinski definition) is 3. The average molecular weight is 401 g/mol. The largest absolute Gasteiger partial charge is 0.478 e. The van der Waals surface area contributed by atoms with Crippen molar-refractivity contribution in [2.45, 2.75) is 19.3 Å². The Hall–Kier alpha value is -2.30. The van der Waals surface area contributed by atoms with Crippen LogP contribution in [0.15, 0.2) is 42.5 Å². The molecule has 3 aromatic rings. The van der Waals surface area contributed by atoms with Crippen LogP contribution in [0.25, 0.3) is 10.9 Å². The molecule has 2 heterocycles. The minimum atomic E-state index is -0.978. The summed E-state index contributed by atoms with van der Waals surface area (Å²) in [4.78, 5) is 19.0. The van der Waals surface area contributed by atoms with Crippen molar-refractivity contribution in [2.75, 3.05) is 18.0 Å². The molecule has 0 bridgehead atoms. The number of rotatable bonds is 4. The minimum Gasteiger partial charge on any atom is -0.478 e. The Bertz CT molecular complexity index is 1030. The third-order valence-electron chi connectivity index (χ3n) is 4.98. The number of carboxylic acids is 1. The monoisotopic (exact) mass is 400 g/mol. The van der Waals surface area contributed by atoms with Crippen LogP contribution in [0.1, 0.15) is 34.3 Å². The number of hydrogen-bond donors (Lipinski definition) is 1. The molecule has 0 amide bonds. The number of halogens is 2. The maximum absolute atomic E-state index is 12.3. The van der Waals surface area contributed by atoms with E-state index in [0.717, 1.165) is 42.4 Å². The van der Waals surface area contributed by atoms with Crippen LogP contribution in [-0.2, 0) is 6.42 Å². The molecule has 4 rings (SSSR count). The smallest absolute Gasteiger partial charge is 0.339 e. The van der Waals surface area contributed by atoms with Crippen molar-refractivity contribution in [1.82, 2.24) is 4.98 Å². The summed E-state index contributed by atoms with van der Waals surface area (Å²) in [6.07, 6.45) is 2.49. The van der Waals surface area contributed by atoms with E-state index in [1.54, 1.807) is 12.1 Å². The predicted octanol–water partition coefficient (Wildman–Crippen LogP) is 5.43. The van der Waals surface area contributed by atoms with Crippen LogP contribution in [-0.4, -0.2) is 29.1 Å². The minimum absolute atomic E-state index is 0.242. The van der Waals surface area contributed by atoms with Crippen LogP contribution >= 0.6 is 23.2 Å². The van der Waals surface area contributed by atoms with Crippen LogP contribution in [0.4, 0.5) is 5.82 Å². The van der Waals surface area contributed by atoms with Gasteiger partial charge in [0, 0.05) is 34.9 Å². The molecule has 0 saturated carbocycles. The van der Waals surface area contributed by atoms with Crippen molar-refractivity contribution in [3.63, 3.8) is 0 Å². The molecule has 1 aliphatic heterocycles. The van der Waals surface area contributed by atoms with Gasteiger partial charge in [0.05, 0.1) is 5.52 Å². The molecule has 0 spiro atoms. The summed E-state index contributed by atoms with van der Waals surface area (Å²) in [7, 11) is 0. The van der Waals surface area contributed by atoms with Gasteiger partial charge in [0.15, 0.2) is 0 Å². The highest BCUT2D eigenvalue weighted by Crippen LogP contribution is 2.34. The first kappa shape index (κ1) is 18.1. The second kappa shape index (κ2) is 7.37. The lowest BCUT2D eigenvalue weighted by molar-refractivity contribution is 0.0696. The molecule has 1 N–H and O–H groups in total. The third-order valence-corrected chi connectivity index (χ3v) is 5.58. The SMILES string of the molecule is O=C(O)c1c(N2CCCC2)nc2ccc(Cl)cc2c1Cc1ccccc1Cl. The zero-order valence-electron chi connectivity index (χ0n) is 14.6. The van der Waals surface area contributed by atoms with Gasteiger partial charge in [-0.15, -0.1) is 0 Å². The van der Waals surface area contributed by atoms with Gasteiger partial charge in [0.2, 0.25) is 0 Å². The van der Waals surface area contributed by atoms with E-state index >= 15 is 0 Å². The van der Waals surface area contributed by atoms with Gasteiger partial charge in [0.1, 0.15) is 11.4 Å². The lowest BCUT2D eigenvalue weighted by Crippen LogP contribution is -2.23. The maximum atomic E-state index is 12.3. The van der Waals surface area contributed by atoms with Gasteiger partial charge in [-0.2, -0.15) is 0 Å². The molecule has 4 nitrogen and oxygen atoms in total. The van der Waals surface area contributed by atoms with Gasteiger partial charge in [-0.25, -0.2) is 9.78 Å². The van der Waals surface area contributed by atoms with E-state index in [1.807, 2.05) is 30.3 Å². The Kier molecular flexibility index (Phi) is 4.94. The number of nitrogens with zero attached hydrogens (tertiary/aromatic N) is 2. The molecule has 1 fully saturated rings. The van der Waals surface area contributed by atoms with Gasteiger partial charge >= 0.3 is 5.97 Å². The summed E-state index contributed by atoms with van der Waals surface area (Å²) in [6, 6.07) is 12.9. The third kappa shape index (κ3) is 3.47. The molecule has 0 aliphatic carbocycles. The van der Waals surface area contributed by atoms with Crippen LogP contribution in [0.5, 0.6) is 0 Å². The lowest BCUT2D eigenvalue weighted by Gasteiger charge is -2.22. The van der Waals surface area contributed by atoms with E-state index in [4.69, 9.17) is 28.2 Å². The van der Waals surface area contributed by atoms with Crippen molar-refractivity contribution >= 4 is 45.9 Å². The van der Waals surface area contributed by atoms with Crippen LogP contribution in [0.3, 0.4) is 0 Å². The summed E-state index contributed by atoms with van der Waals surface area (Å²) >= 11 is 12.6. The number of carboxylic acid groups (broad SMARTS) is 1. The highest BCUT2D eigenvalue weighted by atomic mass is 35.5. The van der Waals surface area contributed by atoms with Crippen molar-refractivity contribution in [3.8, 4) is 0 Å². The molecule has 6 heteroatoms. The van der Waals surface area contributed by atoms with E-state index in [-0.39, 0.29) is 5.56 Å². The highest BCUT2D eigenvalue weighted by Gasteiger charge is 2.26. The van der Waals surface area contributed by atoms with Crippen molar-refractivity contribution in [3.05, 3.63) is 69.2 Å². The topological polar surface area (TPSA) is 53.4 Å². The number of carbonyl (C=O) groups is 1. The predicted molar refractivity (Wildman–Crippen MR) is 109 cm³/mol. The highest BCUT2D eigenvalue weighted by molar-refractivity contribution is 6.32. The van der Waals surface area contributed by atoms with Gasteiger partial charge in [0.25, 0.3) is 0 Å². The Labute approximate surface area is 167 Å². The van der Waals surface area contributed by atoms with E-state index in [1.165, 1.54) is 0 Å². The zero-order chi connectivity index (χ0) is 19.0. The Morgan fingerprint density at radius 1 is 1.11 bits per heavy atom. The van der Waals surface area contributed by atoms with Gasteiger partial charge in [-0.05, 0) is 48.2 Å². The molecule has 1 aromatic heterocycles. The van der Waals surface area contributed by atoms with Crippen LogP contribution < -0.4 is 4.90 Å². The second-order valence-corrected chi connectivity index (χ2v) is 7.56. The van der Waals surface area contributed by atoms with Crippen LogP contribution in [0, 0.1) is 0 Å². The summed E-state index contributed by atoms with van der Waals surface area (Å²) in [5.41, 5.74) is 2.56. The summed E-state index contributed by atoms with van der Waals surface area (Å²) in [5, 5.41) is 12.0. The fourth-order valence-corrected chi connectivity index (χ4v) is 4.06. The summed E-state index contributed by atoms with van der Waals surface area (Å²) in [5.74, 6) is -0.440. The Balaban J connectivity index is 2.00. The summed E-state index contributed by atoms with van der Waals surface area (Å²) < 4.78 is 0. The molecule has 138 valence electrons. The molecule has 0 unspecified atom stereocenters. The molecular weight excluding hydrogens is 383 g/mol. The first-order valence-corrected chi connectivity index (χ1v) is 9.64. The number of pyridine rings is 1. The van der Waals surface area contributed by atoms with Crippen LogP contribution in [0.2, 0.25) is 10.0 Å². The van der Waals surface area contributed by atoms with Crippen molar-refractivity contribution in [1.29, 1.82) is 0 Å². The molecule has 2 aromatic carbocycles. The number of aromatic carboxylic acids is 1. The average Bonchev–Trinajstić information content (AvgIpc) is 3.17. The molecule has 1 aliphatic rings. The second-order valence-electron chi connectivity index (χ2n) is 6.72. The quantitative estimate of drug-likeness (QED) is 0.633. The Morgan fingerprint density at radius 3 is 2.56 bits per heavy atom. The number of aromatic nitrogens is 1. The molecule has 27 heavy (non-hydrogen) atoms. The number of anilines is 1. The fourth-order valence-electron chi connectivity index (χ4n) is 3.69. The van der Waals surface area contributed by atoms with Crippen molar-refractivity contribution in [2.24, 2.45) is 0 Å². The van der Waals surface area contributed by atoms with E-state index < -0.39 is 5.97 Å². The van der Waals surface area contributed by atoms with Crippen molar-refractivity contribution < 1.29 is 9.90 Å². The van der Waals surface area contributed by atoms with E-state index in [0.29, 0.717) is 27.8 Å². The molecule has 1 saturated heterocycles. The number of fused-ring (bicyclic) bond motifs is 1. The molecule has 0 radical (unpaired) electrons. The van der Waals surface area contributed by atoms with Gasteiger partial charge < -0.3 is 10.0 Å². The number of benzene rings is 2. The molecular formula is C21H18Cl2N2O2. The maximum Gasteiger partial charge on any atom is 0.339 e. The first-order chi connectivity index (χ1) is 13.0. The van der Waals surface area contributed by atoms with Gasteiger partial charge in [-0.1, -0.05) is 41.4 Å². The molecule has 0 atom stereocenters. The fraction of sp³-hybridized carbons (Fsp3) is 0.238. The van der Waals surface area contributed by atoms with E-state index in [9.17, 15) is 9.90 Å². The van der Waals surface area contributed by atoms with E-state index in [2.05, 4.69) is 4.90 Å². The van der Waals surface area contributed by atoms with Gasteiger partial charge in [-0.3, -0.25) is 0 Å². The Morgan fingerprint density at radius 2 is 1.85 bits per heavy atom. The lowest BCUT2D eigenvalue weighted by atomic mass is 9.95.